The highest BCUT2D eigenvalue weighted by atomic mass is 35.5. The summed E-state index contributed by atoms with van der Waals surface area (Å²) in [6, 6.07) is 11.8. The Morgan fingerprint density at radius 1 is 1.00 bits per heavy atom. The first-order valence-electron chi connectivity index (χ1n) is 8.59. The Hall–Kier alpha value is -2.20. The van der Waals surface area contributed by atoms with Gasteiger partial charge >= 0.3 is 6.03 Å². The van der Waals surface area contributed by atoms with Gasteiger partial charge < -0.3 is 15.1 Å². The van der Waals surface area contributed by atoms with Crippen LogP contribution in [0.2, 0.25) is 5.02 Å². The fourth-order valence-corrected chi connectivity index (χ4v) is 3.42. The molecule has 2 amide bonds. The number of halogens is 1. The van der Waals surface area contributed by atoms with Crippen LogP contribution in [0, 0.1) is 20.8 Å². The first-order chi connectivity index (χ1) is 12.0. The molecule has 0 bridgehead atoms. The highest BCUT2D eigenvalue weighted by Crippen LogP contribution is 2.24. The molecule has 1 aliphatic rings. The third-order valence-electron chi connectivity index (χ3n) is 4.91. The standard InChI is InChI=1S/C20H24ClN3O/c1-14-5-4-6-19(16(14)3)23-9-11-24(12-10-23)20(25)22-18-8-7-17(21)13-15(18)2/h4-8,13H,9-12H2,1-3H3,(H,22,25). The molecule has 0 atom stereocenters. The van der Waals surface area contributed by atoms with Crippen molar-refractivity contribution < 1.29 is 4.79 Å². The van der Waals surface area contributed by atoms with Crippen LogP contribution in [0.1, 0.15) is 16.7 Å². The third kappa shape index (κ3) is 3.90. The Kier molecular flexibility index (Phi) is 5.19. The van der Waals surface area contributed by atoms with Gasteiger partial charge in [-0.1, -0.05) is 23.7 Å². The molecule has 0 saturated carbocycles. The second-order valence-corrected chi connectivity index (χ2v) is 7.02. The number of carbonyl (C=O) groups excluding carboxylic acids is 1. The molecule has 0 spiro atoms. The summed E-state index contributed by atoms with van der Waals surface area (Å²) in [7, 11) is 0. The van der Waals surface area contributed by atoms with Gasteiger partial charge in [-0.25, -0.2) is 4.79 Å². The number of hydrogen-bond donors (Lipinski definition) is 1. The molecule has 132 valence electrons. The second-order valence-electron chi connectivity index (χ2n) is 6.58. The fourth-order valence-electron chi connectivity index (χ4n) is 3.19. The van der Waals surface area contributed by atoms with Crippen LogP contribution in [-0.2, 0) is 0 Å². The van der Waals surface area contributed by atoms with E-state index < -0.39 is 0 Å². The van der Waals surface area contributed by atoms with Crippen molar-refractivity contribution in [2.24, 2.45) is 0 Å². The van der Waals surface area contributed by atoms with E-state index in [1.54, 1.807) is 6.07 Å². The maximum absolute atomic E-state index is 12.5. The summed E-state index contributed by atoms with van der Waals surface area (Å²) in [6.07, 6.45) is 0. The van der Waals surface area contributed by atoms with Crippen molar-refractivity contribution in [2.75, 3.05) is 36.4 Å². The lowest BCUT2D eigenvalue weighted by atomic mass is 10.1. The summed E-state index contributed by atoms with van der Waals surface area (Å²) in [4.78, 5) is 16.8. The van der Waals surface area contributed by atoms with Crippen LogP contribution in [0.15, 0.2) is 36.4 Å². The van der Waals surface area contributed by atoms with Crippen molar-refractivity contribution in [2.45, 2.75) is 20.8 Å². The lowest BCUT2D eigenvalue weighted by Crippen LogP contribution is -2.50. The third-order valence-corrected chi connectivity index (χ3v) is 5.15. The topological polar surface area (TPSA) is 35.6 Å². The van der Waals surface area contributed by atoms with Crippen LogP contribution in [0.3, 0.4) is 0 Å². The molecule has 2 aromatic rings. The second kappa shape index (κ2) is 7.36. The van der Waals surface area contributed by atoms with Crippen LogP contribution in [0.5, 0.6) is 0 Å². The molecule has 1 aliphatic heterocycles. The van der Waals surface area contributed by atoms with Gasteiger partial charge in [0.25, 0.3) is 0 Å². The number of rotatable bonds is 2. The number of piperazine rings is 1. The predicted octanol–water partition coefficient (Wildman–Crippen LogP) is 4.62. The van der Waals surface area contributed by atoms with Gasteiger partial charge in [-0.05, 0) is 61.7 Å². The number of amides is 2. The van der Waals surface area contributed by atoms with Gasteiger partial charge in [0.15, 0.2) is 0 Å². The summed E-state index contributed by atoms with van der Waals surface area (Å²) >= 11 is 5.97. The zero-order valence-electron chi connectivity index (χ0n) is 15.0. The van der Waals surface area contributed by atoms with Gasteiger partial charge in [-0.15, -0.1) is 0 Å². The zero-order chi connectivity index (χ0) is 18.0. The normalized spacial score (nSPS) is 14.6. The highest BCUT2D eigenvalue weighted by Gasteiger charge is 2.22. The Morgan fingerprint density at radius 2 is 1.72 bits per heavy atom. The molecule has 2 aromatic carbocycles. The molecule has 1 N–H and O–H groups in total. The van der Waals surface area contributed by atoms with Gasteiger partial charge in [-0.2, -0.15) is 0 Å². The van der Waals surface area contributed by atoms with Crippen LogP contribution in [-0.4, -0.2) is 37.1 Å². The molecule has 5 heteroatoms. The van der Waals surface area contributed by atoms with Crippen molar-refractivity contribution in [3.63, 3.8) is 0 Å². The summed E-state index contributed by atoms with van der Waals surface area (Å²) in [5.41, 5.74) is 5.67. The summed E-state index contributed by atoms with van der Waals surface area (Å²) in [5.74, 6) is 0. The SMILES string of the molecule is Cc1cc(Cl)ccc1NC(=O)N1CCN(c2cccc(C)c2C)CC1. The van der Waals surface area contributed by atoms with Crippen LogP contribution >= 0.6 is 11.6 Å². The zero-order valence-corrected chi connectivity index (χ0v) is 15.7. The van der Waals surface area contributed by atoms with Crippen molar-refractivity contribution in [1.82, 2.24) is 4.90 Å². The Labute approximate surface area is 154 Å². The van der Waals surface area contributed by atoms with E-state index in [9.17, 15) is 4.79 Å². The minimum Gasteiger partial charge on any atom is -0.368 e. The van der Waals surface area contributed by atoms with Crippen molar-refractivity contribution in [1.29, 1.82) is 0 Å². The lowest BCUT2D eigenvalue weighted by molar-refractivity contribution is 0.208. The van der Waals surface area contributed by atoms with Gasteiger partial charge in [0.05, 0.1) is 0 Å². The Bertz CT molecular complexity index is 783. The average Bonchev–Trinajstić information content (AvgIpc) is 2.60. The molecule has 1 heterocycles. The average molecular weight is 358 g/mol. The van der Waals surface area contributed by atoms with Gasteiger partial charge in [0.1, 0.15) is 0 Å². The van der Waals surface area contributed by atoms with E-state index >= 15 is 0 Å². The van der Waals surface area contributed by atoms with Gasteiger partial charge in [-0.3, -0.25) is 0 Å². The number of hydrogen-bond acceptors (Lipinski definition) is 2. The number of anilines is 2. The molecule has 25 heavy (non-hydrogen) atoms. The first kappa shape index (κ1) is 17.6. The molecule has 4 nitrogen and oxygen atoms in total. The van der Waals surface area contributed by atoms with E-state index in [-0.39, 0.29) is 6.03 Å². The maximum Gasteiger partial charge on any atom is 0.321 e. The number of benzene rings is 2. The van der Waals surface area contributed by atoms with Gasteiger partial charge in [0, 0.05) is 42.6 Å². The van der Waals surface area contributed by atoms with Crippen LogP contribution < -0.4 is 10.2 Å². The van der Waals surface area contributed by atoms with E-state index in [1.165, 1.54) is 16.8 Å². The van der Waals surface area contributed by atoms with E-state index in [4.69, 9.17) is 11.6 Å². The molecule has 0 aromatic heterocycles. The molecular formula is C20H24ClN3O. The highest BCUT2D eigenvalue weighted by molar-refractivity contribution is 6.30. The van der Waals surface area contributed by atoms with E-state index in [0.29, 0.717) is 18.1 Å². The minimum absolute atomic E-state index is 0.0500. The molecule has 0 aliphatic carbocycles. The van der Waals surface area contributed by atoms with Crippen LogP contribution in [0.4, 0.5) is 16.2 Å². The lowest BCUT2D eigenvalue weighted by Gasteiger charge is -2.37. The molecule has 1 saturated heterocycles. The monoisotopic (exact) mass is 357 g/mol. The van der Waals surface area contributed by atoms with Crippen LogP contribution in [0.25, 0.3) is 0 Å². The van der Waals surface area contributed by atoms with Gasteiger partial charge in [0.2, 0.25) is 0 Å². The smallest absolute Gasteiger partial charge is 0.321 e. The number of carbonyl (C=O) groups is 1. The number of nitrogens with one attached hydrogen (secondary N) is 1. The molecular weight excluding hydrogens is 334 g/mol. The summed E-state index contributed by atoms with van der Waals surface area (Å²) < 4.78 is 0. The summed E-state index contributed by atoms with van der Waals surface area (Å²) in [5, 5.41) is 3.67. The minimum atomic E-state index is -0.0500. The van der Waals surface area contributed by atoms with E-state index in [1.807, 2.05) is 24.0 Å². The maximum atomic E-state index is 12.5. The van der Waals surface area contributed by atoms with Crippen molar-refractivity contribution in [3.05, 3.63) is 58.1 Å². The number of urea groups is 1. The quantitative estimate of drug-likeness (QED) is 0.851. The number of nitrogens with zero attached hydrogens (tertiary/aromatic N) is 2. The molecule has 3 rings (SSSR count). The van der Waals surface area contributed by atoms with Crippen molar-refractivity contribution >= 4 is 29.0 Å². The largest absolute Gasteiger partial charge is 0.368 e. The predicted molar refractivity (Wildman–Crippen MR) is 105 cm³/mol. The van der Waals surface area contributed by atoms with E-state index in [0.717, 1.165) is 24.3 Å². The molecule has 0 radical (unpaired) electrons. The summed E-state index contributed by atoms with van der Waals surface area (Å²) in [6.45, 7) is 9.36. The Balaban J connectivity index is 1.62. The van der Waals surface area contributed by atoms with Crippen molar-refractivity contribution in [3.8, 4) is 0 Å². The van der Waals surface area contributed by atoms with E-state index in [2.05, 4.69) is 42.3 Å². The number of aryl methyl sites for hydroxylation is 2. The first-order valence-corrected chi connectivity index (χ1v) is 8.97. The Morgan fingerprint density at radius 3 is 2.40 bits per heavy atom. The molecule has 0 unspecified atom stereocenters. The molecule has 1 fully saturated rings. The fraction of sp³-hybridized carbons (Fsp3) is 0.350.